The fourth-order valence-electron chi connectivity index (χ4n) is 0.0945. The van der Waals surface area contributed by atoms with Crippen LogP contribution in [0.1, 0.15) is 13.3 Å². The summed E-state index contributed by atoms with van der Waals surface area (Å²) in [5.74, 6) is 0.259. The van der Waals surface area contributed by atoms with Crippen LogP contribution < -0.4 is 0 Å². The van der Waals surface area contributed by atoms with Crippen LogP contribution in [0.2, 0.25) is 0 Å². The zero-order chi connectivity index (χ0) is 6.99. The third kappa shape index (κ3) is 9.27. The van der Waals surface area contributed by atoms with Crippen molar-refractivity contribution in [2.75, 3.05) is 5.33 Å². The third-order valence-corrected chi connectivity index (χ3v) is 1.17. The van der Waals surface area contributed by atoms with Gasteiger partial charge >= 0.3 is 0 Å². The van der Waals surface area contributed by atoms with Crippen molar-refractivity contribution in [1.82, 2.24) is 0 Å². The fraction of sp³-hybridized carbons (Fsp3) is 0.600. The first-order chi connectivity index (χ1) is 3.81. The highest BCUT2D eigenvalue weighted by molar-refractivity contribution is 9.09. The molecule has 0 fully saturated rings. The summed E-state index contributed by atoms with van der Waals surface area (Å²) in [7, 11) is 0. The molecule has 3 heteroatoms. The molecule has 0 amide bonds. The molecule has 0 saturated heterocycles. The Morgan fingerprint density at radius 2 is 2.00 bits per heavy atom. The summed E-state index contributed by atoms with van der Waals surface area (Å²) in [6, 6.07) is 0. The average Bonchev–Trinajstić information content (AvgIpc) is 1.91. The molecule has 0 bridgehead atoms. The van der Waals surface area contributed by atoms with Crippen LogP contribution in [0.4, 0.5) is 0 Å². The van der Waals surface area contributed by atoms with E-state index >= 15 is 0 Å². The molecule has 0 aliphatic heterocycles. The maximum Gasteiger partial charge on any atom is 0.143 e. The largest absolute Gasteiger partial charge is 0.307 e. The third-order valence-electron chi connectivity index (χ3n) is 0.543. The van der Waals surface area contributed by atoms with Gasteiger partial charge in [0.25, 0.3) is 0 Å². The van der Waals surface area contributed by atoms with Crippen LogP contribution in [-0.4, -0.2) is 17.9 Å². The van der Waals surface area contributed by atoms with E-state index in [0.717, 1.165) is 0 Å². The predicted molar refractivity (Wildman–Crippen MR) is 36.2 cm³/mol. The molecule has 0 aromatic carbocycles. The van der Waals surface area contributed by atoms with Gasteiger partial charge in [0, 0.05) is 6.42 Å². The summed E-state index contributed by atoms with van der Waals surface area (Å²) in [6.07, 6.45) is 0.644. The van der Waals surface area contributed by atoms with Crippen LogP contribution in [0.25, 0.3) is 0 Å². The molecular weight excluding hydrogens is 172 g/mol. The maximum absolute atomic E-state index is 10.1. The van der Waals surface area contributed by atoms with Gasteiger partial charge in [0.15, 0.2) is 0 Å². The Hall–Kier alpha value is -0.180. The van der Waals surface area contributed by atoms with E-state index < -0.39 is 0 Å². The molecule has 0 rings (SSSR count). The normalized spacial score (nSPS) is 6.75. The quantitative estimate of drug-likeness (QED) is 0.599. The van der Waals surface area contributed by atoms with Crippen LogP contribution >= 0.6 is 15.9 Å². The van der Waals surface area contributed by atoms with Crippen LogP contribution in [0.3, 0.4) is 0 Å². The standard InChI is InChI=1S/C4H7BrO.CH2O/c1-2-4(6)3-5;1-2/h2-3H2,1H3;1H2. The van der Waals surface area contributed by atoms with E-state index in [-0.39, 0.29) is 5.78 Å². The number of carbonyl (C=O) groups excluding carboxylic acids is 2. The Labute approximate surface area is 57.4 Å². The lowest BCUT2D eigenvalue weighted by Crippen LogP contribution is -1.92. The smallest absolute Gasteiger partial charge is 0.143 e. The lowest BCUT2D eigenvalue weighted by atomic mass is 10.4. The van der Waals surface area contributed by atoms with Crippen molar-refractivity contribution in [2.24, 2.45) is 0 Å². The van der Waals surface area contributed by atoms with Gasteiger partial charge in [-0.05, 0) is 0 Å². The van der Waals surface area contributed by atoms with Crippen LogP contribution in [-0.2, 0) is 9.59 Å². The average molecular weight is 181 g/mol. The molecule has 0 spiro atoms. The van der Waals surface area contributed by atoms with Gasteiger partial charge in [-0.1, -0.05) is 22.9 Å². The molecule has 0 aromatic heterocycles. The van der Waals surface area contributed by atoms with Crippen LogP contribution in [0, 0.1) is 0 Å². The molecule has 2 nitrogen and oxygen atoms in total. The van der Waals surface area contributed by atoms with E-state index in [4.69, 9.17) is 4.79 Å². The Morgan fingerprint density at radius 3 is 2.00 bits per heavy atom. The van der Waals surface area contributed by atoms with E-state index in [1.807, 2.05) is 13.7 Å². The second kappa shape index (κ2) is 9.94. The number of Topliss-reactive ketones (excluding diaryl/α,β-unsaturated/α-hetero) is 1. The molecule has 0 aliphatic rings. The first kappa shape index (κ1) is 10.7. The zero-order valence-corrected chi connectivity index (χ0v) is 6.40. The second-order valence-electron chi connectivity index (χ2n) is 1.03. The van der Waals surface area contributed by atoms with E-state index in [2.05, 4.69) is 15.9 Å². The van der Waals surface area contributed by atoms with Crippen molar-refractivity contribution < 1.29 is 9.59 Å². The van der Waals surface area contributed by atoms with Gasteiger partial charge in [-0.3, -0.25) is 4.79 Å². The number of rotatable bonds is 2. The van der Waals surface area contributed by atoms with Gasteiger partial charge in [0.05, 0.1) is 5.33 Å². The molecular formula is C5H9BrO2. The summed E-state index contributed by atoms with van der Waals surface area (Å²) >= 11 is 3.03. The van der Waals surface area contributed by atoms with E-state index in [1.54, 1.807) is 0 Å². The number of alkyl halides is 1. The van der Waals surface area contributed by atoms with Crippen LogP contribution in [0.5, 0.6) is 0 Å². The Kier molecular flexibility index (Phi) is 13.3. The summed E-state index contributed by atoms with van der Waals surface area (Å²) in [6.45, 7) is 3.85. The molecule has 0 aromatic rings. The van der Waals surface area contributed by atoms with Crippen molar-refractivity contribution >= 4 is 28.5 Å². The molecule has 0 radical (unpaired) electrons. The van der Waals surface area contributed by atoms with Gasteiger partial charge in [0.2, 0.25) is 0 Å². The Morgan fingerprint density at radius 1 is 1.62 bits per heavy atom. The number of ketones is 1. The Bertz CT molecular complexity index is 57.4. The molecule has 48 valence electrons. The fourth-order valence-corrected chi connectivity index (χ4v) is 0.491. The summed E-state index contributed by atoms with van der Waals surface area (Å²) in [5, 5.41) is 0.503. The first-order valence-electron chi connectivity index (χ1n) is 2.17. The first-order valence-corrected chi connectivity index (χ1v) is 3.30. The lowest BCUT2D eigenvalue weighted by molar-refractivity contribution is -0.116. The summed E-state index contributed by atoms with van der Waals surface area (Å²) < 4.78 is 0. The molecule has 0 unspecified atom stereocenters. The lowest BCUT2D eigenvalue weighted by Gasteiger charge is -1.79. The highest BCUT2D eigenvalue weighted by Crippen LogP contribution is 1.84. The molecule has 0 saturated carbocycles. The van der Waals surface area contributed by atoms with Crippen molar-refractivity contribution in [3.8, 4) is 0 Å². The summed E-state index contributed by atoms with van der Waals surface area (Å²) in [5.41, 5.74) is 0. The minimum Gasteiger partial charge on any atom is -0.307 e. The number of hydrogen-bond acceptors (Lipinski definition) is 2. The van der Waals surface area contributed by atoms with Crippen molar-refractivity contribution in [2.45, 2.75) is 13.3 Å². The molecule has 0 N–H and O–H groups in total. The van der Waals surface area contributed by atoms with Gasteiger partial charge in [0.1, 0.15) is 12.6 Å². The Balaban J connectivity index is 0. The molecule has 8 heavy (non-hydrogen) atoms. The highest BCUT2D eigenvalue weighted by Gasteiger charge is 1.88. The molecule has 0 atom stereocenters. The van der Waals surface area contributed by atoms with Gasteiger partial charge < -0.3 is 4.79 Å². The topological polar surface area (TPSA) is 34.1 Å². The van der Waals surface area contributed by atoms with Gasteiger partial charge in [-0.15, -0.1) is 0 Å². The zero-order valence-electron chi connectivity index (χ0n) is 4.82. The number of carbonyl (C=O) groups is 2. The summed E-state index contributed by atoms with van der Waals surface area (Å²) in [4.78, 5) is 18.1. The number of halogens is 1. The van der Waals surface area contributed by atoms with Crippen molar-refractivity contribution in [1.29, 1.82) is 0 Å². The van der Waals surface area contributed by atoms with Gasteiger partial charge in [-0.25, -0.2) is 0 Å². The SMILES string of the molecule is C=O.CCC(=O)CBr. The molecule has 0 heterocycles. The molecule has 0 aliphatic carbocycles. The minimum atomic E-state index is 0.259. The second-order valence-corrected chi connectivity index (χ2v) is 1.59. The van der Waals surface area contributed by atoms with Crippen molar-refractivity contribution in [3.63, 3.8) is 0 Å². The monoisotopic (exact) mass is 180 g/mol. The van der Waals surface area contributed by atoms with E-state index in [0.29, 0.717) is 11.8 Å². The minimum absolute atomic E-state index is 0.259. The van der Waals surface area contributed by atoms with E-state index in [1.165, 1.54) is 0 Å². The van der Waals surface area contributed by atoms with Gasteiger partial charge in [-0.2, -0.15) is 0 Å². The highest BCUT2D eigenvalue weighted by atomic mass is 79.9. The maximum atomic E-state index is 10.1. The van der Waals surface area contributed by atoms with E-state index in [9.17, 15) is 4.79 Å². The number of hydrogen-bond donors (Lipinski definition) is 0. The van der Waals surface area contributed by atoms with Crippen LogP contribution in [0.15, 0.2) is 0 Å². The predicted octanol–water partition coefficient (Wildman–Crippen LogP) is 1.18. The van der Waals surface area contributed by atoms with Crippen molar-refractivity contribution in [3.05, 3.63) is 0 Å².